The quantitative estimate of drug-likeness (QED) is 0.401. The van der Waals surface area contributed by atoms with Gasteiger partial charge >= 0.3 is 0 Å². The minimum atomic E-state index is -1.17. The van der Waals surface area contributed by atoms with Crippen LogP contribution in [0.1, 0.15) is 29.0 Å². The maximum absolute atomic E-state index is 13.9. The summed E-state index contributed by atoms with van der Waals surface area (Å²) >= 11 is 1.28. The van der Waals surface area contributed by atoms with Crippen LogP contribution in [0.4, 0.5) is 20.3 Å². The van der Waals surface area contributed by atoms with Gasteiger partial charge in [-0.1, -0.05) is 41.6 Å². The van der Waals surface area contributed by atoms with Crippen LogP contribution in [0.2, 0.25) is 0 Å². The average molecular weight is 456 g/mol. The van der Waals surface area contributed by atoms with Crippen LogP contribution in [-0.2, 0) is 15.3 Å². The second-order valence-electron chi connectivity index (χ2n) is 7.33. The number of rotatable bonds is 5. The Kier molecular flexibility index (Phi) is 6.04. The molecule has 7 nitrogen and oxygen atoms in total. The van der Waals surface area contributed by atoms with Crippen LogP contribution in [0.3, 0.4) is 0 Å². The largest absolute Gasteiger partial charge is 0.323 e. The standard InChI is InChI=1S/C22H18F2N4O3S/c1-11-3-2-4-12(7-11)10-32-22-27-19-18(21(31)28-22)14(9-17(29)26-19)20(30)25-16-6-5-13(23)8-15(16)24/h2-8,14H,9-10H2,1H3,(H,25,30)(H2,26,27,28,29,31)/t14-/m0/s1. The monoisotopic (exact) mass is 456 g/mol. The van der Waals surface area contributed by atoms with E-state index >= 15 is 0 Å². The summed E-state index contributed by atoms with van der Waals surface area (Å²) in [5.74, 6) is -3.64. The molecule has 2 amide bonds. The van der Waals surface area contributed by atoms with E-state index < -0.39 is 34.9 Å². The number of amides is 2. The average Bonchev–Trinajstić information content (AvgIpc) is 2.73. The minimum absolute atomic E-state index is 0.00327. The summed E-state index contributed by atoms with van der Waals surface area (Å²) in [6, 6.07) is 10.6. The molecular formula is C22H18F2N4O3S. The Morgan fingerprint density at radius 3 is 2.78 bits per heavy atom. The van der Waals surface area contributed by atoms with Gasteiger partial charge in [-0.2, -0.15) is 0 Å². The number of H-pyrrole nitrogens is 1. The molecule has 0 spiro atoms. The van der Waals surface area contributed by atoms with Gasteiger partial charge < -0.3 is 15.6 Å². The van der Waals surface area contributed by atoms with Crippen molar-refractivity contribution in [3.05, 3.63) is 81.1 Å². The Balaban J connectivity index is 1.58. The molecule has 0 aliphatic carbocycles. The van der Waals surface area contributed by atoms with E-state index in [9.17, 15) is 23.2 Å². The van der Waals surface area contributed by atoms with Crippen LogP contribution in [0.15, 0.2) is 52.4 Å². The van der Waals surface area contributed by atoms with Crippen molar-refractivity contribution in [2.75, 3.05) is 10.6 Å². The number of carbonyl (C=O) groups excluding carboxylic acids is 2. The molecule has 164 valence electrons. The van der Waals surface area contributed by atoms with Gasteiger partial charge in [0.15, 0.2) is 5.16 Å². The zero-order valence-corrected chi connectivity index (χ0v) is 17.7. The van der Waals surface area contributed by atoms with Crippen molar-refractivity contribution >= 4 is 35.1 Å². The summed E-state index contributed by atoms with van der Waals surface area (Å²) in [7, 11) is 0. The highest BCUT2D eigenvalue weighted by Crippen LogP contribution is 2.31. The maximum Gasteiger partial charge on any atom is 0.257 e. The summed E-state index contributed by atoms with van der Waals surface area (Å²) in [5.41, 5.74) is 1.32. The van der Waals surface area contributed by atoms with Crippen LogP contribution >= 0.6 is 11.8 Å². The third-order valence-electron chi connectivity index (χ3n) is 4.89. The fourth-order valence-electron chi connectivity index (χ4n) is 3.41. The number of aromatic nitrogens is 2. The van der Waals surface area contributed by atoms with Crippen molar-refractivity contribution in [2.45, 2.75) is 30.2 Å². The molecule has 10 heteroatoms. The zero-order chi connectivity index (χ0) is 22.8. The smallest absolute Gasteiger partial charge is 0.257 e. The third-order valence-corrected chi connectivity index (χ3v) is 5.84. The van der Waals surface area contributed by atoms with E-state index in [2.05, 4.69) is 20.6 Å². The van der Waals surface area contributed by atoms with Crippen molar-refractivity contribution in [2.24, 2.45) is 0 Å². The Morgan fingerprint density at radius 2 is 2.03 bits per heavy atom. The first kappa shape index (κ1) is 21.7. The lowest BCUT2D eigenvalue weighted by atomic mass is 9.92. The van der Waals surface area contributed by atoms with Gasteiger partial charge in [-0.25, -0.2) is 13.8 Å². The Labute approximate surface area is 185 Å². The van der Waals surface area contributed by atoms with Crippen molar-refractivity contribution < 1.29 is 18.4 Å². The molecule has 2 heterocycles. The number of thioether (sulfide) groups is 1. The maximum atomic E-state index is 13.9. The SMILES string of the molecule is Cc1cccc(CSc2nc3c(c(=O)[nH]2)[C@@H](C(=O)Nc2ccc(F)cc2F)CC(=O)N3)c1. The van der Waals surface area contributed by atoms with Gasteiger partial charge in [0.05, 0.1) is 17.2 Å². The molecule has 0 fully saturated rings. The summed E-state index contributed by atoms with van der Waals surface area (Å²) in [4.78, 5) is 44.6. The van der Waals surface area contributed by atoms with Crippen molar-refractivity contribution in [3.63, 3.8) is 0 Å². The molecule has 0 radical (unpaired) electrons. The summed E-state index contributed by atoms with van der Waals surface area (Å²) in [6.07, 6.45) is -0.303. The van der Waals surface area contributed by atoms with Crippen molar-refractivity contribution in [3.8, 4) is 0 Å². The number of aryl methyl sites for hydroxylation is 1. The summed E-state index contributed by atoms with van der Waals surface area (Å²) in [5, 5.41) is 5.14. The number of carbonyl (C=O) groups is 2. The van der Waals surface area contributed by atoms with Gasteiger partial charge in [-0.05, 0) is 24.6 Å². The fourth-order valence-corrected chi connectivity index (χ4v) is 4.21. The molecule has 1 atom stereocenters. The minimum Gasteiger partial charge on any atom is -0.323 e. The molecule has 0 saturated heterocycles. The van der Waals surface area contributed by atoms with Crippen LogP contribution in [-0.4, -0.2) is 21.8 Å². The number of benzene rings is 2. The lowest BCUT2D eigenvalue weighted by Crippen LogP contribution is -2.36. The van der Waals surface area contributed by atoms with Gasteiger partial charge in [0.1, 0.15) is 17.5 Å². The van der Waals surface area contributed by atoms with Crippen molar-refractivity contribution in [1.82, 2.24) is 9.97 Å². The number of anilines is 2. The molecule has 1 aliphatic rings. The number of hydrogen-bond donors (Lipinski definition) is 3. The highest BCUT2D eigenvalue weighted by Gasteiger charge is 2.35. The lowest BCUT2D eigenvalue weighted by molar-refractivity contribution is -0.123. The van der Waals surface area contributed by atoms with Crippen LogP contribution in [0.5, 0.6) is 0 Å². The Morgan fingerprint density at radius 1 is 1.22 bits per heavy atom. The predicted molar refractivity (Wildman–Crippen MR) is 117 cm³/mol. The zero-order valence-electron chi connectivity index (χ0n) is 16.9. The van der Waals surface area contributed by atoms with Crippen LogP contribution in [0, 0.1) is 18.6 Å². The topological polar surface area (TPSA) is 104 Å². The molecule has 4 rings (SSSR count). The first-order valence-electron chi connectivity index (χ1n) is 9.68. The number of fused-ring (bicyclic) bond motifs is 1. The predicted octanol–water partition coefficient (Wildman–Crippen LogP) is 3.71. The summed E-state index contributed by atoms with van der Waals surface area (Å²) < 4.78 is 27.0. The van der Waals surface area contributed by atoms with Crippen LogP contribution < -0.4 is 16.2 Å². The fraction of sp³-hybridized carbons (Fsp3) is 0.182. The molecule has 32 heavy (non-hydrogen) atoms. The second kappa shape index (κ2) is 8.91. The van der Waals surface area contributed by atoms with E-state index in [0.29, 0.717) is 17.0 Å². The van der Waals surface area contributed by atoms with Gasteiger partial charge in [0.25, 0.3) is 5.56 Å². The number of nitrogens with one attached hydrogen (secondary N) is 3. The van der Waals surface area contributed by atoms with Gasteiger partial charge in [0, 0.05) is 18.2 Å². The van der Waals surface area contributed by atoms with E-state index in [1.807, 2.05) is 31.2 Å². The summed E-state index contributed by atoms with van der Waals surface area (Å²) in [6.45, 7) is 1.98. The van der Waals surface area contributed by atoms with E-state index in [4.69, 9.17) is 0 Å². The van der Waals surface area contributed by atoms with Gasteiger partial charge in [-0.3, -0.25) is 14.4 Å². The number of aromatic amines is 1. The third kappa shape index (κ3) is 4.70. The lowest BCUT2D eigenvalue weighted by Gasteiger charge is -2.23. The first-order chi connectivity index (χ1) is 15.3. The Bertz CT molecular complexity index is 1280. The highest BCUT2D eigenvalue weighted by molar-refractivity contribution is 7.98. The van der Waals surface area contributed by atoms with E-state index in [0.717, 1.165) is 23.3 Å². The van der Waals surface area contributed by atoms with E-state index in [-0.39, 0.29) is 23.5 Å². The van der Waals surface area contributed by atoms with Crippen molar-refractivity contribution in [1.29, 1.82) is 0 Å². The molecule has 1 aromatic heterocycles. The molecule has 2 aromatic carbocycles. The normalized spacial score (nSPS) is 15.1. The number of nitrogens with zero attached hydrogens (tertiary/aromatic N) is 1. The molecule has 0 bridgehead atoms. The first-order valence-corrected chi connectivity index (χ1v) is 10.7. The molecule has 3 N–H and O–H groups in total. The number of hydrogen-bond acceptors (Lipinski definition) is 5. The van der Waals surface area contributed by atoms with Gasteiger partial charge in [-0.15, -0.1) is 0 Å². The van der Waals surface area contributed by atoms with E-state index in [1.54, 1.807) is 0 Å². The van der Waals surface area contributed by atoms with Gasteiger partial charge in [0.2, 0.25) is 11.8 Å². The Hall–Kier alpha value is -3.53. The molecular weight excluding hydrogens is 438 g/mol. The van der Waals surface area contributed by atoms with Crippen LogP contribution in [0.25, 0.3) is 0 Å². The molecule has 3 aromatic rings. The van der Waals surface area contributed by atoms with E-state index in [1.165, 1.54) is 11.8 Å². The molecule has 1 aliphatic heterocycles. The highest BCUT2D eigenvalue weighted by atomic mass is 32.2. The molecule has 0 saturated carbocycles. The second-order valence-corrected chi connectivity index (χ2v) is 8.29. The molecule has 0 unspecified atom stereocenters. The number of halogens is 2.